The Labute approximate surface area is 118 Å². The van der Waals surface area contributed by atoms with Gasteiger partial charge in [-0.05, 0) is 55.9 Å². The lowest BCUT2D eigenvalue weighted by molar-refractivity contribution is -0.127. The number of nitrogens with two attached hydrogens (primary N) is 1. The summed E-state index contributed by atoms with van der Waals surface area (Å²) in [6.07, 6.45) is 10.4. The lowest BCUT2D eigenvalue weighted by atomic mass is 9.67. The maximum Gasteiger partial charge on any atom is 0.136 e. The van der Waals surface area contributed by atoms with Gasteiger partial charge >= 0.3 is 0 Å². The van der Waals surface area contributed by atoms with Gasteiger partial charge in [-0.15, -0.1) is 0 Å². The first kappa shape index (κ1) is 15.0. The van der Waals surface area contributed by atoms with Crippen LogP contribution < -0.4 is 5.73 Å². The molecule has 0 saturated heterocycles. The molecule has 2 saturated carbocycles. The number of ketones is 1. The Kier molecular flexibility index (Phi) is 5.05. The minimum absolute atomic E-state index is 0.154. The Morgan fingerprint density at radius 2 is 1.79 bits per heavy atom. The molecule has 0 aromatic heterocycles. The van der Waals surface area contributed by atoms with Crippen molar-refractivity contribution in [2.45, 2.75) is 71.6 Å². The molecule has 0 amide bonds. The van der Waals surface area contributed by atoms with Gasteiger partial charge in [-0.3, -0.25) is 4.79 Å². The zero-order valence-corrected chi connectivity index (χ0v) is 12.8. The van der Waals surface area contributed by atoms with E-state index in [1.54, 1.807) is 0 Å². The van der Waals surface area contributed by atoms with E-state index in [9.17, 15) is 4.79 Å². The van der Waals surface area contributed by atoms with Crippen LogP contribution in [0.15, 0.2) is 0 Å². The van der Waals surface area contributed by atoms with Crippen LogP contribution in [-0.2, 0) is 4.79 Å². The summed E-state index contributed by atoms with van der Waals surface area (Å²) in [4.78, 5) is 12.6. The van der Waals surface area contributed by atoms with Crippen molar-refractivity contribution >= 4 is 5.78 Å². The zero-order chi connectivity index (χ0) is 13.9. The van der Waals surface area contributed by atoms with E-state index in [-0.39, 0.29) is 5.41 Å². The Hall–Kier alpha value is -0.370. The molecule has 0 aliphatic heterocycles. The second kappa shape index (κ2) is 6.39. The van der Waals surface area contributed by atoms with Crippen LogP contribution in [0.1, 0.15) is 71.6 Å². The molecule has 0 radical (unpaired) electrons. The second-order valence-corrected chi connectivity index (χ2v) is 7.37. The molecule has 19 heavy (non-hydrogen) atoms. The summed E-state index contributed by atoms with van der Waals surface area (Å²) in [6.45, 7) is 5.34. The molecule has 0 aromatic rings. The number of carbonyl (C=O) groups excluding carboxylic acids is 1. The van der Waals surface area contributed by atoms with E-state index in [4.69, 9.17) is 5.73 Å². The Morgan fingerprint density at radius 1 is 1.11 bits per heavy atom. The summed E-state index contributed by atoms with van der Waals surface area (Å²) < 4.78 is 0. The molecule has 0 bridgehead atoms. The largest absolute Gasteiger partial charge is 0.330 e. The van der Waals surface area contributed by atoms with Gasteiger partial charge in [0.15, 0.2) is 0 Å². The summed E-state index contributed by atoms with van der Waals surface area (Å²) in [5.41, 5.74) is 6.17. The van der Waals surface area contributed by atoms with Crippen LogP contribution in [0.25, 0.3) is 0 Å². The molecule has 3 atom stereocenters. The van der Waals surface area contributed by atoms with Crippen molar-refractivity contribution in [3.05, 3.63) is 0 Å². The molecule has 110 valence electrons. The highest BCUT2D eigenvalue weighted by molar-refractivity contribution is 5.81. The van der Waals surface area contributed by atoms with Gasteiger partial charge in [0.25, 0.3) is 0 Å². The third-order valence-electron chi connectivity index (χ3n) is 5.95. The first-order valence-corrected chi connectivity index (χ1v) is 8.29. The van der Waals surface area contributed by atoms with E-state index < -0.39 is 0 Å². The molecule has 0 aromatic carbocycles. The SMILES string of the molecule is CC1CCC(C(=O)CC2(CN)CCCCC2)CC1C. The smallest absolute Gasteiger partial charge is 0.136 e. The fourth-order valence-electron chi connectivity index (χ4n) is 4.11. The summed E-state index contributed by atoms with van der Waals surface area (Å²) in [7, 11) is 0. The van der Waals surface area contributed by atoms with Gasteiger partial charge in [-0.25, -0.2) is 0 Å². The molecule has 2 fully saturated rings. The topological polar surface area (TPSA) is 43.1 Å². The predicted octanol–water partition coefficient (Wildman–Crippen LogP) is 3.93. The molecule has 2 N–H and O–H groups in total. The molecular weight excluding hydrogens is 234 g/mol. The molecule has 2 aliphatic rings. The number of hydrogen-bond donors (Lipinski definition) is 1. The average molecular weight is 265 g/mol. The van der Waals surface area contributed by atoms with E-state index in [0.717, 1.165) is 25.2 Å². The normalized spacial score (nSPS) is 35.0. The standard InChI is InChI=1S/C17H31NO/c1-13-6-7-15(10-14(13)2)16(19)11-17(12-18)8-4-3-5-9-17/h13-15H,3-12,18H2,1-2H3. The number of hydrogen-bond acceptors (Lipinski definition) is 2. The van der Waals surface area contributed by atoms with Gasteiger partial charge in [-0.1, -0.05) is 33.1 Å². The number of rotatable bonds is 4. The van der Waals surface area contributed by atoms with Crippen LogP contribution in [-0.4, -0.2) is 12.3 Å². The van der Waals surface area contributed by atoms with Gasteiger partial charge in [-0.2, -0.15) is 0 Å². The Morgan fingerprint density at radius 3 is 2.37 bits per heavy atom. The van der Waals surface area contributed by atoms with E-state index >= 15 is 0 Å². The molecular formula is C17H31NO. The maximum absolute atomic E-state index is 12.6. The van der Waals surface area contributed by atoms with Gasteiger partial charge in [0.1, 0.15) is 5.78 Å². The quantitative estimate of drug-likeness (QED) is 0.837. The highest BCUT2D eigenvalue weighted by Crippen LogP contribution is 2.41. The first-order chi connectivity index (χ1) is 9.06. The van der Waals surface area contributed by atoms with Crippen molar-refractivity contribution in [1.29, 1.82) is 0 Å². The highest BCUT2D eigenvalue weighted by atomic mass is 16.1. The second-order valence-electron chi connectivity index (χ2n) is 7.37. The van der Waals surface area contributed by atoms with Gasteiger partial charge in [0.2, 0.25) is 0 Å². The third-order valence-corrected chi connectivity index (χ3v) is 5.95. The lowest BCUT2D eigenvalue weighted by Crippen LogP contribution is -2.37. The van der Waals surface area contributed by atoms with Crippen LogP contribution in [0.5, 0.6) is 0 Å². The van der Waals surface area contributed by atoms with Crippen molar-refractivity contribution in [2.75, 3.05) is 6.54 Å². The van der Waals surface area contributed by atoms with Crippen LogP contribution in [0, 0.1) is 23.2 Å². The molecule has 3 unspecified atom stereocenters. The van der Waals surface area contributed by atoms with Crippen LogP contribution >= 0.6 is 0 Å². The van der Waals surface area contributed by atoms with Gasteiger partial charge in [0, 0.05) is 12.3 Å². The number of Topliss-reactive ketones (excluding diaryl/α,β-unsaturated/α-hetero) is 1. The van der Waals surface area contributed by atoms with Crippen LogP contribution in [0.4, 0.5) is 0 Å². The Balaban J connectivity index is 1.92. The molecule has 2 nitrogen and oxygen atoms in total. The summed E-state index contributed by atoms with van der Waals surface area (Å²) >= 11 is 0. The van der Waals surface area contributed by atoms with Crippen LogP contribution in [0.3, 0.4) is 0 Å². The lowest BCUT2D eigenvalue weighted by Gasteiger charge is -2.38. The van der Waals surface area contributed by atoms with Crippen molar-refractivity contribution < 1.29 is 4.79 Å². The minimum atomic E-state index is 0.154. The predicted molar refractivity (Wildman–Crippen MR) is 79.9 cm³/mol. The first-order valence-electron chi connectivity index (χ1n) is 8.29. The minimum Gasteiger partial charge on any atom is -0.330 e. The summed E-state index contributed by atoms with van der Waals surface area (Å²) in [5, 5.41) is 0. The fraction of sp³-hybridized carbons (Fsp3) is 0.941. The molecule has 0 heterocycles. The van der Waals surface area contributed by atoms with Gasteiger partial charge < -0.3 is 5.73 Å². The van der Waals surface area contributed by atoms with E-state index in [0.29, 0.717) is 24.2 Å². The highest BCUT2D eigenvalue weighted by Gasteiger charge is 2.36. The molecule has 2 heteroatoms. The van der Waals surface area contributed by atoms with Crippen LogP contribution in [0.2, 0.25) is 0 Å². The third kappa shape index (κ3) is 3.59. The average Bonchev–Trinajstić information content (AvgIpc) is 2.43. The number of carbonyl (C=O) groups is 1. The van der Waals surface area contributed by atoms with E-state index in [1.165, 1.54) is 38.5 Å². The molecule has 2 aliphatic carbocycles. The van der Waals surface area contributed by atoms with Crippen molar-refractivity contribution in [3.63, 3.8) is 0 Å². The summed E-state index contributed by atoms with van der Waals surface area (Å²) in [6, 6.07) is 0. The van der Waals surface area contributed by atoms with Crippen molar-refractivity contribution in [3.8, 4) is 0 Å². The van der Waals surface area contributed by atoms with E-state index in [1.807, 2.05) is 0 Å². The van der Waals surface area contributed by atoms with Crippen molar-refractivity contribution in [2.24, 2.45) is 28.9 Å². The van der Waals surface area contributed by atoms with Gasteiger partial charge in [0.05, 0.1) is 0 Å². The monoisotopic (exact) mass is 265 g/mol. The molecule has 2 rings (SSSR count). The van der Waals surface area contributed by atoms with Crippen molar-refractivity contribution in [1.82, 2.24) is 0 Å². The molecule has 0 spiro atoms. The Bertz CT molecular complexity index is 306. The summed E-state index contributed by atoms with van der Waals surface area (Å²) in [5.74, 6) is 2.35. The fourth-order valence-corrected chi connectivity index (χ4v) is 4.11. The van der Waals surface area contributed by atoms with E-state index in [2.05, 4.69) is 13.8 Å². The zero-order valence-electron chi connectivity index (χ0n) is 12.8. The maximum atomic E-state index is 12.6.